The standard InChI is InChI=1S/C14H19N5O2/c1-10-6-11(4-5-13(10)19-9-15-17-18-19)16-12-7-20-14(2,3)21-8-12/h4-6,9,12,16H,7-8H2,1-3H3. The smallest absolute Gasteiger partial charge is 0.162 e. The highest BCUT2D eigenvalue weighted by Crippen LogP contribution is 2.22. The molecule has 0 amide bonds. The number of ether oxygens (including phenoxy) is 2. The van der Waals surface area contributed by atoms with Crippen LogP contribution in [0.15, 0.2) is 24.5 Å². The number of hydrogen-bond acceptors (Lipinski definition) is 6. The quantitative estimate of drug-likeness (QED) is 0.923. The minimum absolute atomic E-state index is 0.149. The zero-order chi connectivity index (χ0) is 14.9. The van der Waals surface area contributed by atoms with Crippen molar-refractivity contribution in [1.29, 1.82) is 0 Å². The predicted octanol–water partition coefficient (Wildman–Crippen LogP) is 1.53. The van der Waals surface area contributed by atoms with Crippen LogP contribution in [-0.4, -0.2) is 45.2 Å². The largest absolute Gasteiger partial charge is 0.378 e. The molecule has 0 saturated carbocycles. The number of benzene rings is 1. The molecule has 0 unspecified atom stereocenters. The minimum Gasteiger partial charge on any atom is -0.378 e. The number of nitrogens with one attached hydrogen (secondary N) is 1. The van der Waals surface area contributed by atoms with Crippen molar-refractivity contribution in [3.8, 4) is 5.69 Å². The molecule has 2 aromatic rings. The van der Waals surface area contributed by atoms with Gasteiger partial charge in [-0.3, -0.25) is 0 Å². The molecule has 1 aromatic heterocycles. The number of aromatic nitrogens is 4. The Bertz CT molecular complexity index is 602. The second-order valence-corrected chi connectivity index (χ2v) is 5.62. The number of anilines is 1. The fourth-order valence-electron chi connectivity index (χ4n) is 2.29. The van der Waals surface area contributed by atoms with Gasteiger partial charge in [0, 0.05) is 5.69 Å². The molecule has 1 aromatic carbocycles. The van der Waals surface area contributed by atoms with E-state index < -0.39 is 5.79 Å². The first-order chi connectivity index (χ1) is 10.0. The summed E-state index contributed by atoms with van der Waals surface area (Å²) in [5.74, 6) is -0.488. The average molecular weight is 289 g/mol. The maximum atomic E-state index is 5.65. The van der Waals surface area contributed by atoms with Gasteiger partial charge in [0.15, 0.2) is 5.79 Å². The summed E-state index contributed by atoms with van der Waals surface area (Å²) in [5.41, 5.74) is 3.08. The number of rotatable bonds is 3. The lowest BCUT2D eigenvalue weighted by atomic mass is 10.1. The lowest BCUT2D eigenvalue weighted by molar-refractivity contribution is -0.247. The molecule has 21 heavy (non-hydrogen) atoms. The van der Waals surface area contributed by atoms with E-state index in [2.05, 4.69) is 26.9 Å². The summed E-state index contributed by atoms with van der Waals surface area (Å²) in [4.78, 5) is 0. The van der Waals surface area contributed by atoms with Crippen LogP contribution in [0, 0.1) is 6.92 Å². The number of hydrogen-bond donors (Lipinski definition) is 1. The topological polar surface area (TPSA) is 74.1 Å². The Morgan fingerprint density at radius 1 is 1.29 bits per heavy atom. The van der Waals surface area contributed by atoms with E-state index in [0.29, 0.717) is 13.2 Å². The van der Waals surface area contributed by atoms with Crippen molar-refractivity contribution in [1.82, 2.24) is 20.2 Å². The van der Waals surface area contributed by atoms with Gasteiger partial charge >= 0.3 is 0 Å². The van der Waals surface area contributed by atoms with Crippen molar-refractivity contribution in [3.63, 3.8) is 0 Å². The Kier molecular flexibility index (Phi) is 3.60. The van der Waals surface area contributed by atoms with Crippen LogP contribution in [0.4, 0.5) is 5.69 Å². The molecule has 1 saturated heterocycles. The third-order valence-electron chi connectivity index (χ3n) is 3.43. The van der Waals surface area contributed by atoms with E-state index in [4.69, 9.17) is 9.47 Å². The number of aryl methyl sites for hydroxylation is 1. The number of nitrogens with zero attached hydrogens (tertiary/aromatic N) is 4. The predicted molar refractivity (Wildman–Crippen MR) is 77.3 cm³/mol. The second-order valence-electron chi connectivity index (χ2n) is 5.62. The summed E-state index contributed by atoms with van der Waals surface area (Å²) in [7, 11) is 0. The molecule has 7 nitrogen and oxygen atoms in total. The highest BCUT2D eigenvalue weighted by atomic mass is 16.7. The third kappa shape index (κ3) is 3.20. The van der Waals surface area contributed by atoms with Gasteiger partial charge in [0.1, 0.15) is 6.33 Å². The highest BCUT2D eigenvalue weighted by Gasteiger charge is 2.28. The van der Waals surface area contributed by atoms with E-state index in [9.17, 15) is 0 Å². The molecular weight excluding hydrogens is 270 g/mol. The number of tetrazole rings is 1. The van der Waals surface area contributed by atoms with Gasteiger partial charge in [-0.2, -0.15) is 0 Å². The van der Waals surface area contributed by atoms with E-state index in [1.54, 1.807) is 11.0 Å². The monoisotopic (exact) mass is 289 g/mol. The SMILES string of the molecule is Cc1cc(NC2COC(C)(C)OC2)ccc1-n1cnnn1. The molecule has 1 N–H and O–H groups in total. The molecule has 2 heterocycles. The van der Waals surface area contributed by atoms with Gasteiger partial charge in [0.25, 0.3) is 0 Å². The van der Waals surface area contributed by atoms with Crippen molar-refractivity contribution in [2.75, 3.05) is 18.5 Å². The first-order valence-electron chi connectivity index (χ1n) is 6.92. The Hall–Kier alpha value is -1.99. The van der Waals surface area contributed by atoms with Gasteiger partial charge in [-0.05, 0) is 55.0 Å². The third-order valence-corrected chi connectivity index (χ3v) is 3.43. The van der Waals surface area contributed by atoms with Crippen LogP contribution in [0.2, 0.25) is 0 Å². The maximum Gasteiger partial charge on any atom is 0.162 e. The highest BCUT2D eigenvalue weighted by molar-refractivity contribution is 5.53. The van der Waals surface area contributed by atoms with Gasteiger partial charge in [0.2, 0.25) is 0 Å². The van der Waals surface area contributed by atoms with Gasteiger partial charge in [-0.1, -0.05) is 0 Å². The fraction of sp³-hybridized carbons (Fsp3) is 0.500. The van der Waals surface area contributed by atoms with Crippen LogP contribution in [0.25, 0.3) is 5.69 Å². The molecule has 3 rings (SSSR count). The molecule has 1 aliphatic rings. The van der Waals surface area contributed by atoms with Gasteiger partial charge in [-0.25, -0.2) is 4.68 Å². The van der Waals surface area contributed by atoms with Crippen LogP contribution in [0.3, 0.4) is 0 Å². The van der Waals surface area contributed by atoms with Gasteiger partial charge < -0.3 is 14.8 Å². The molecule has 7 heteroatoms. The molecule has 0 spiro atoms. The van der Waals surface area contributed by atoms with Crippen LogP contribution >= 0.6 is 0 Å². The summed E-state index contributed by atoms with van der Waals surface area (Å²) in [6.07, 6.45) is 1.58. The molecular formula is C14H19N5O2. The first-order valence-corrected chi connectivity index (χ1v) is 6.92. The lowest BCUT2D eigenvalue weighted by Gasteiger charge is -2.35. The summed E-state index contributed by atoms with van der Waals surface area (Å²) >= 11 is 0. The Balaban J connectivity index is 1.69. The van der Waals surface area contributed by atoms with Crippen molar-refractivity contribution < 1.29 is 9.47 Å². The fourth-order valence-corrected chi connectivity index (χ4v) is 2.29. The lowest BCUT2D eigenvalue weighted by Crippen LogP contribution is -2.45. The average Bonchev–Trinajstić information content (AvgIpc) is 2.95. The normalized spacial score (nSPS) is 18.6. The van der Waals surface area contributed by atoms with Crippen molar-refractivity contribution in [2.45, 2.75) is 32.6 Å². The molecule has 0 aliphatic carbocycles. The van der Waals surface area contributed by atoms with Crippen molar-refractivity contribution in [2.24, 2.45) is 0 Å². The van der Waals surface area contributed by atoms with E-state index in [1.807, 2.05) is 32.9 Å². The molecule has 0 atom stereocenters. The van der Waals surface area contributed by atoms with E-state index in [0.717, 1.165) is 16.9 Å². The first kappa shape index (κ1) is 14.0. The Labute approximate surface area is 123 Å². The maximum absolute atomic E-state index is 5.65. The summed E-state index contributed by atoms with van der Waals surface area (Å²) in [6, 6.07) is 6.21. The summed E-state index contributed by atoms with van der Waals surface area (Å²) in [6.45, 7) is 7.13. The van der Waals surface area contributed by atoms with Crippen molar-refractivity contribution in [3.05, 3.63) is 30.1 Å². The van der Waals surface area contributed by atoms with E-state index in [-0.39, 0.29) is 6.04 Å². The Morgan fingerprint density at radius 3 is 2.67 bits per heavy atom. The van der Waals surface area contributed by atoms with Crippen LogP contribution in [0.5, 0.6) is 0 Å². The van der Waals surface area contributed by atoms with E-state index >= 15 is 0 Å². The van der Waals surface area contributed by atoms with Crippen molar-refractivity contribution >= 4 is 5.69 Å². The Morgan fingerprint density at radius 2 is 2.05 bits per heavy atom. The summed E-state index contributed by atoms with van der Waals surface area (Å²) < 4.78 is 12.9. The molecule has 0 bridgehead atoms. The molecule has 1 fully saturated rings. The zero-order valence-corrected chi connectivity index (χ0v) is 12.4. The summed E-state index contributed by atoms with van der Waals surface area (Å²) in [5, 5.41) is 14.6. The van der Waals surface area contributed by atoms with Crippen LogP contribution in [-0.2, 0) is 9.47 Å². The van der Waals surface area contributed by atoms with Crippen LogP contribution in [0.1, 0.15) is 19.4 Å². The molecule has 0 radical (unpaired) electrons. The molecule has 1 aliphatic heterocycles. The second kappa shape index (κ2) is 5.42. The minimum atomic E-state index is -0.488. The van der Waals surface area contributed by atoms with Gasteiger partial charge in [-0.15, -0.1) is 5.10 Å². The van der Waals surface area contributed by atoms with E-state index in [1.165, 1.54) is 0 Å². The molecule has 112 valence electrons. The van der Waals surface area contributed by atoms with Gasteiger partial charge in [0.05, 0.1) is 24.9 Å². The van der Waals surface area contributed by atoms with Crippen LogP contribution < -0.4 is 5.32 Å². The zero-order valence-electron chi connectivity index (χ0n) is 12.4.